The van der Waals surface area contributed by atoms with Crippen molar-refractivity contribution in [3.05, 3.63) is 11.3 Å². The summed E-state index contributed by atoms with van der Waals surface area (Å²) in [5.74, 6) is 0.882. The van der Waals surface area contributed by atoms with Crippen LogP contribution in [0.1, 0.15) is 17.7 Å². The number of aryl methyl sites for hydroxylation is 2. The van der Waals surface area contributed by atoms with Crippen molar-refractivity contribution in [2.75, 3.05) is 23.9 Å². The molecule has 1 aromatic heterocycles. The van der Waals surface area contributed by atoms with Crippen molar-refractivity contribution in [2.24, 2.45) is 12.8 Å². The van der Waals surface area contributed by atoms with Crippen LogP contribution in [0.2, 0.25) is 0 Å². The fourth-order valence-electron chi connectivity index (χ4n) is 1.70. The number of nitrogens with two attached hydrogens (primary N) is 1. The van der Waals surface area contributed by atoms with E-state index in [0.29, 0.717) is 18.5 Å². The highest BCUT2D eigenvalue weighted by molar-refractivity contribution is 7.90. The third-order valence-corrected chi connectivity index (χ3v) is 3.69. The number of rotatable bonds is 6. The minimum atomic E-state index is -2.92. The number of nitrogens with zero attached hydrogens (tertiary/aromatic N) is 2. The lowest BCUT2D eigenvalue weighted by Crippen LogP contribution is -2.16. The minimum absolute atomic E-state index is 0.152. The van der Waals surface area contributed by atoms with E-state index in [-0.39, 0.29) is 10.7 Å². The van der Waals surface area contributed by atoms with Crippen LogP contribution in [-0.2, 0) is 16.9 Å². The van der Waals surface area contributed by atoms with Crippen molar-refractivity contribution in [2.45, 2.75) is 13.3 Å². The molecule has 6 nitrogen and oxygen atoms in total. The second-order valence-electron chi connectivity index (χ2n) is 4.21. The Morgan fingerprint density at radius 1 is 1.56 bits per heavy atom. The lowest BCUT2D eigenvalue weighted by Gasteiger charge is -2.08. The summed E-state index contributed by atoms with van der Waals surface area (Å²) < 4.78 is 23.7. The van der Waals surface area contributed by atoms with E-state index < -0.39 is 9.84 Å². The molecule has 0 saturated carbocycles. The van der Waals surface area contributed by atoms with Crippen molar-refractivity contribution >= 4 is 32.9 Å². The number of aromatic nitrogens is 2. The summed E-state index contributed by atoms with van der Waals surface area (Å²) in [4.78, 5) is 0.284. The Labute approximate surface area is 112 Å². The van der Waals surface area contributed by atoms with Crippen LogP contribution in [0.3, 0.4) is 0 Å². The number of hydrogen-bond acceptors (Lipinski definition) is 5. The van der Waals surface area contributed by atoms with Crippen molar-refractivity contribution in [3.63, 3.8) is 0 Å². The van der Waals surface area contributed by atoms with Gasteiger partial charge in [-0.25, -0.2) is 8.42 Å². The first-order valence-electron chi connectivity index (χ1n) is 5.47. The fourth-order valence-corrected chi connectivity index (χ4v) is 2.61. The Balaban J connectivity index is 2.70. The Hall–Kier alpha value is -1.15. The average molecular weight is 290 g/mol. The van der Waals surface area contributed by atoms with Crippen LogP contribution in [-0.4, -0.2) is 41.7 Å². The van der Waals surface area contributed by atoms with Crippen LogP contribution < -0.4 is 11.1 Å². The van der Waals surface area contributed by atoms with Crippen LogP contribution >= 0.6 is 12.2 Å². The number of hydrogen-bond donors (Lipinski definition) is 2. The monoisotopic (exact) mass is 290 g/mol. The van der Waals surface area contributed by atoms with Crippen molar-refractivity contribution in [3.8, 4) is 0 Å². The largest absolute Gasteiger partial charge is 0.389 e. The van der Waals surface area contributed by atoms with Gasteiger partial charge in [-0.1, -0.05) is 12.2 Å². The fraction of sp³-hybridized carbons (Fsp3) is 0.600. The maximum absolute atomic E-state index is 11.0. The maximum atomic E-state index is 11.0. The first-order valence-corrected chi connectivity index (χ1v) is 7.94. The summed E-state index contributed by atoms with van der Waals surface area (Å²) in [6.07, 6.45) is 1.75. The Morgan fingerprint density at radius 3 is 2.67 bits per heavy atom. The predicted molar refractivity (Wildman–Crippen MR) is 76.6 cm³/mol. The van der Waals surface area contributed by atoms with Crippen molar-refractivity contribution in [1.29, 1.82) is 0 Å². The second-order valence-corrected chi connectivity index (χ2v) is 6.91. The SMILES string of the molecule is Cc1nn(C)c(NCCCS(C)(=O)=O)c1C(N)=S. The van der Waals surface area contributed by atoms with Gasteiger partial charge in [-0.15, -0.1) is 0 Å². The number of anilines is 1. The molecule has 1 rings (SSSR count). The van der Waals surface area contributed by atoms with E-state index in [4.69, 9.17) is 18.0 Å². The molecule has 0 bridgehead atoms. The van der Waals surface area contributed by atoms with E-state index in [9.17, 15) is 8.42 Å². The molecule has 0 saturated heterocycles. The zero-order chi connectivity index (χ0) is 13.9. The molecule has 0 fully saturated rings. The van der Waals surface area contributed by atoms with Gasteiger partial charge in [-0.2, -0.15) is 5.10 Å². The van der Waals surface area contributed by atoms with Gasteiger partial charge in [0.25, 0.3) is 0 Å². The molecule has 0 aromatic carbocycles. The lowest BCUT2D eigenvalue weighted by molar-refractivity contribution is 0.600. The van der Waals surface area contributed by atoms with E-state index in [1.165, 1.54) is 6.26 Å². The first kappa shape index (κ1) is 14.9. The van der Waals surface area contributed by atoms with Gasteiger partial charge >= 0.3 is 0 Å². The normalized spacial score (nSPS) is 11.5. The molecule has 1 aromatic rings. The van der Waals surface area contributed by atoms with Crippen LogP contribution in [0.5, 0.6) is 0 Å². The third-order valence-electron chi connectivity index (χ3n) is 2.45. The highest BCUT2D eigenvalue weighted by atomic mass is 32.2. The molecule has 0 unspecified atom stereocenters. The highest BCUT2D eigenvalue weighted by Gasteiger charge is 2.15. The van der Waals surface area contributed by atoms with E-state index in [0.717, 1.165) is 11.5 Å². The van der Waals surface area contributed by atoms with Gasteiger partial charge in [0.15, 0.2) is 0 Å². The first-order chi connectivity index (χ1) is 8.22. The Morgan fingerprint density at radius 2 is 2.17 bits per heavy atom. The molecule has 0 spiro atoms. The number of nitrogens with one attached hydrogen (secondary N) is 1. The molecular formula is C10H18N4O2S2. The predicted octanol–water partition coefficient (Wildman–Crippen LogP) is 0.209. The second kappa shape index (κ2) is 5.66. The molecule has 1 heterocycles. The molecule has 102 valence electrons. The molecule has 0 aliphatic heterocycles. The van der Waals surface area contributed by atoms with E-state index in [2.05, 4.69) is 10.4 Å². The highest BCUT2D eigenvalue weighted by Crippen LogP contribution is 2.18. The molecule has 8 heteroatoms. The zero-order valence-electron chi connectivity index (χ0n) is 10.7. The van der Waals surface area contributed by atoms with Gasteiger partial charge in [-0.05, 0) is 13.3 Å². The topological polar surface area (TPSA) is 90.0 Å². The van der Waals surface area contributed by atoms with Gasteiger partial charge in [0.1, 0.15) is 20.6 Å². The van der Waals surface area contributed by atoms with Crippen molar-refractivity contribution in [1.82, 2.24) is 9.78 Å². The standard InChI is InChI=1S/C10H18N4O2S2/c1-7-8(9(11)17)10(14(2)13-7)12-5-4-6-18(3,15)16/h12H,4-6H2,1-3H3,(H2,11,17). The smallest absolute Gasteiger partial charge is 0.147 e. The molecule has 18 heavy (non-hydrogen) atoms. The van der Waals surface area contributed by atoms with Gasteiger partial charge < -0.3 is 11.1 Å². The summed E-state index contributed by atoms with van der Waals surface area (Å²) in [5.41, 5.74) is 7.12. The van der Waals surface area contributed by atoms with Crippen LogP contribution in [0.4, 0.5) is 5.82 Å². The van der Waals surface area contributed by atoms with Crippen LogP contribution in [0.15, 0.2) is 0 Å². The van der Waals surface area contributed by atoms with E-state index >= 15 is 0 Å². The molecule has 0 atom stereocenters. The summed E-state index contributed by atoms with van der Waals surface area (Å²) >= 11 is 4.98. The van der Waals surface area contributed by atoms with Gasteiger partial charge in [0.05, 0.1) is 17.0 Å². The lowest BCUT2D eigenvalue weighted by atomic mass is 10.2. The van der Waals surface area contributed by atoms with Gasteiger partial charge in [0, 0.05) is 19.8 Å². The maximum Gasteiger partial charge on any atom is 0.147 e. The molecule has 0 aliphatic carbocycles. The average Bonchev–Trinajstić information content (AvgIpc) is 2.46. The molecule has 3 N–H and O–H groups in total. The van der Waals surface area contributed by atoms with E-state index in [1.54, 1.807) is 11.7 Å². The molecule has 0 amide bonds. The summed E-state index contributed by atoms with van der Waals surface area (Å²) in [5, 5.41) is 7.35. The minimum Gasteiger partial charge on any atom is -0.389 e. The molecule has 0 radical (unpaired) electrons. The summed E-state index contributed by atoms with van der Waals surface area (Å²) in [6, 6.07) is 0. The van der Waals surface area contributed by atoms with Crippen LogP contribution in [0, 0.1) is 6.92 Å². The quantitative estimate of drug-likeness (QED) is 0.575. The third kappa shape index (κ3) is 3.95. The number of thiocarbonyl (C=S) groups is 1. The van der Waals surface area contributed by atoms with Gasteiger partial charge in [0.2, 0.25) is 0 Å². The zero-order valence-corrected chi connectivity index (χ0v) is 12.4. The van der Waals surface area contributed by atoms with Gasteiger partial charge in [-0.3, -0.25) is 4.68 Å². The van der Waals surface area contributed by atoms with Crippen molar-refractivity contribution < 1.29 is 8.42 Å². The molecule has 0 aliphatic rings. The van der Waals surface area contributed by atoms with E-state index in [1.807, 2.05) is 6.92 Å². The Bertz CT molecular complexity index is 548. The summed E-state index contributed by atoms with van der Waals surface area (Å²) in [7, 11) is -1.14. The Kier molecular flexibility index (Phi) is 4.69. The van der Waals surface area contributed by atoms with Crippen LogP contribution in [0.25, 0.3) is 0 Å². The summed E-state index contributed by atoms with van der Waals surface area (Å²) in [6.45, 7) is 2.36. The number of sulfone groups is 1. The molecular weight excluding hydrogens is 272 g/mol.